The summed E-state index contributed by atoms with van der Waals surface area (Å²) in [5.41, 5.74) is 0.153. The van der Waals surface area contributed by atoms with E-state index in [0.29, 0.717) is 11.7 Å². The smallest absolute Gasteiger partial charge is 0.408 e. The van der Waals surface area contributed by atoms with Gasteiger partial charge in [0.25, 0.3) is 0 Å². The summed E-state index contributed by atoms with van der Waals surface area (Å²) in [5, 5.41) is 19.5. The number of nitrogens with one attached hydrogen (secondary N) is 3. The molecule has 2 aromatic heterocycles. The Labute approximate surface area is 253 Å². The van der Waals surface area contributed by atoms with Crippen LogP contribution in [0.25, 0.3) is 0 Å². The molecule has 3 heterocycles. The summed E-state index contributed by atoms with van der Waals surface area (Å²) < 4.78 is 5.38. The number of anilines is 3. The maximum Gasteiger partial charge on any atom is 0.408 e. The molecule has 1 aliphatic rings. The van der Waals surface area contributed by atoms with Crippen molar-refractivity contribution in [2.75, 3.05) is 41.7 Å². The Kier molecular flexibility index (Phi) is 10.1. The lowest BCUT2D eigenvalue weighted by Crippen LogP contribution is -2.66. The molecule has 1 amide bonds. The zero-order valence-electron chi connectivity index (χ0n) is 25.7. The van der Waals surface area contributed by atoms with E-state index < -0.39 is 23.0 Å². The number of amides is 1. The van der Waals surface area contributed by atoms with Crippen LogP contribution in [-0.2, 0) is 16.1 Å². The number of rotatable bonds is 11. The summed E-state index contributed by atoms with van der Waals surface area (Å²) in [7, 11) is 0. The van der Waals surface area contributed by atoms with E-state index in [1.54, 1.807) is 20.8 Å². The molecule has 230 valence electrons. The van der Waals surface area contributed by atoms with E-state index in [2.05, 4.69) is 43.8 Å². The van der Waals surface area contributed by atoms with Gasteiger partial charge in [-0.25, -0.2) is 24.5 Å². The largest absolute Gasteiger partial charge is 0.479 e. The molecule has 0 aliphatic carbocycles. The van der Waals surface area contributed by atoms with Gasteiger partial charge in [0.2, 0.25) is 0 Å². The van der Waals surface area contributed by atoms with Crippen molar-refractivity contribution in [1.29, 1.82) is 0 Å². The Morgan fingerprint density at radius 1 is 1.02 bits per heavy atom. The lowest BCUT2D eigenvalue weighted by atomic mass is 9.73. The third-order valence-electron chi connectivity index (χ3n) is 8.09. The molecule has 1 fully saturated rings. The Hall–Kier alpha value is -4.41. The number of hydrogen-bond donors (Lipinski definition) is 4. The van der Waals surface area contributed by atoms with Gasteiger partial charge in [0.15, 0.2) is 5.54 Å². The lowest BCUT2D eigenvalue weighted by molar-refractivity contribution is -0.148. The molecule has 43 heavy (non-hydrogen) atoms. The third kappa shape index (κ3) is 7.52. The van der Waals surface area contributed by atoms with Crippen molar-refractivity contribution in [1.82, 2.24) is 20.3 Å². The first-order valence-corrected chi connectivity index (χ1v) is 14.8. The van der Waals surface area contributed by atoms with Crippen LogP contribution in [0.4, 0.5) is 22.2 Å². The highest BCUT2D eigenvalue weighted by atomic mass is 16.5. The number of hydrogen-bond acceptors (Lipinski definition) is 9. The fraction of sp³-hybridized carbons (Fsp3) is 0.469. The van der Waals surface area contributed by atoms with Crippen LogP contribution in [0.15, 0.2) is 54.9 Å². The molecule has 1 saturated heterocycles. The molecule has 0 saturated carbocycles. The number of carbonyl (C=O) groups excluding carboxylic acids is 1. The van der Waals surface area contributed by atoms with Crippen LogP contribution in [0.5, 0.6) is 0 Å². The van der Waals surface area contributed by atoms with Gasteiger partial charge in [-0.3, -0.25) is 0 Å². The highest BCUT2D eigenvalue weighted by Gasteiger charge is 2.51. The van der Waals surface area contributed by atoms with Crippen LogP contribution in [0.2, 0.25) is 0 Å². The molecular formula is C32H43N7O4. The number of nitrogens with zero attached hydrogens (tertiary/aromatic N) is 4. The zero-order valence-corrected chi connectivity index (χ0v) is 25.7. The van der Waals surface area contributed by atoms with Crippen LogP contribution < -0.4 is 20.9 Å². The van der Waals surface area contributed by atoms with E-state index in [0.717, 1.165) is 60.9 Å². The van der Waals surface area contributed by atoms with Crippen LogP contribution in [0.3, 0.4) is 0 Å². The second kappa shape index (κ2) is 13.7. The summed E-state index contributed by atoms with van der Waals surface area (Å²) in [6.45, 7) is 11.7. The second-order valence-corrected chi connectivity index (χ2v) is 11.9. The summed E-state index contributed by atoms with van der Waals surface area (Å²) in [6, 6.07) is 15.4. The second-order valence-electron chi connectivity index (χ2n) is 11.9. The number of pyridine rings is 1. The van der Waals surface area contributed by atoms with Crippen molar-refractivity contribution >= 4 is 29.5 Å². The van der Waals surface area contributed by atoms with Crippen molar-refractivity contribution in [3.8, 4) is 0 Å². The molecule has 11 heteroatoms. The van der Waals surface area contributed by atoms with Gasteiger partial charge in [-0.15, -0.1) is 0 Å². The first-order valence-electron chi connectivity index (χ1n) is 14.8. The Morgan fingerprint density at radius 3 is 2.40 bits per heavy atom. The molecule has 0 spiro atoms. The number of alkyl carbamates (subject to hydrolysis) is 1. The Balaban J connectivity index is 1.44. The molecule has 4 rings (SSSR count). The summed E-state index contributed by atoms with van der Waals surface area (Å²) in [5.74, 6) is 1.41. The number of carboxylic acid groups (broad SMARTS) is 1. The van der Waals surface area contributed by atoms with E-state index in [1.165, 1.54) is 6.33 Å². The molecule has 1 aromatic carbocycles. The quantitative estimate of drug-likeness (QED) is 0.236. The average Bonchev–Trinajstić information content (AvgIpc) is 2.99. The van der Waals surface area contributed by atoms with Crippen LogP contribution in [0, 0.1) is 12.3 Å². The normalized spacial score (nSPS) is 15.3. The van der Waals surface area contributed by atoms with Crippen molar-refractivity contribution in [3.05, 3.63) is 71.7 Å². The topological polar surface area (TPSA) is 142 Å². The van der Waals surface area contributed by atoms with Crippen LogP contribution in [0.1, 0.15) is 63.3 Å². The molecule has 1 unspecified atom stereocenters. The van der Waals surface area contributed by atoms with Gasteiger partial charge in [0, 0.05) is 36.8 Å². The van der Waals surface area contributed by atoms with Crippen molar-refractivity contribution < 1.29 is 19.4 Å². The predicted octanol–water partition coefficient (Wildman–Crippen LogP) is 5.20. The molecule has 1 atom stereocenters. The molecule has 11 nitrogen and oxygen atoms in total. The minimum atomic E-state index is -1.69. The fourth-order valence-corrected chi connectivity index (χ4v) is 5.38. The standard InChI is InChI=1S/C32H43N7O4/c1-6-33-26-14-10-13-25(37-26)24-15-17-39(18-16-24)28-22(2)27(35-21-36-28)34-20-32(29(40)41,31(3,4)5)38-30(42)43-19-23-11-8-7-9-12-23/h7-14,21,24H,6,15-20H2,1-5H3,(H,33,37)(H,38,42)(H,40,41)(H,34,35,36). The maximum absolute atomic E-state index is 12.8. The summed E-state index contributed by atoms with van der Waals surface area (Å²) >= 11 is 0. The van der Waals surface area contributed by atoms with Crippen molar-refractivity contribution in [2.24, 2.45) is 5.41 Å². The van der Waals surface area contributed by atoms with E-state index >= 15 is 0 Å². The zero-order chi connectivity index (χ0) is 31.0. The van der Waals surface area contributed by atoms with Gasteiger partial charge in [-0.1, -0.05) is 57.2 Å². The molecule has 0 radical (unpaired) electrons. The molecule has 1 aliphatic heterocycles. The molecule has 4 N–H and O–H groups in total. The highest BCUT2D eigenvalue weighted by molar-refractivity contribution is 5.86. The van der Waals surface area contributed by atoms with E-state index in [1.807, 2.05) is 49.4 Å². The SMILES string of the molecule is CCNc1cccc(C2CCN(c3ncnc(NCC(NC(=O)OCc4ccccc4)(C(=O)O)C(C)(C)C)c3C)CC2)n1. The van der Waals surface area contributed by atoms with E-state index in [-0.39, 0.29) is 13.2 Å². The average molecular weight is 590 g/mol. The Morgan fingerprint density at radius 2 is 1.74 bits per heavy atom. The van der Waals surface area contributed by atoms with Gasteiger partial charge < -0.3 is 30.7 Å². The molecule has 3 aromatic rings. The van der Waals surface area contributed by atoms with Crippen molar-refractivity contribution in [3.63, 3.8) is 0 Å². The fourth-order valence-electron chi connectivity index (χ4n) is 5.38. The number of piperidine rings is 1. The maximum atomic E-state index is 12.8. The predicted molar refractivity (Wildman–Crippen MR) is 167 cm³/mol. The van der Waals surface area contributed by atoms with Gasteiger partial charge in [0.1, 0.15) is 30.4 Å². The number of aliphatic carboxylic acids is 1. The van der Waals surface area contributed by atoms with Crippen LogP contribution in [-0.4, -0.2) is 63.8 Å². The molecular weight excluding hydrogens is 546 g/mol. The van der Waals surface area contributed by atoms with Gasteiger partial charge in [0.05, 0.1) is 6.54 Å². The Bertz CT molecular complexity index is 1390. The number of ether oxygens (including phenoxy) is 1. The summed E-state index contributed by atoms with van der Waals surface area (Å²) in [4.78, 5) is 41.6. The van der Waals surface area contributed by atoms with Gasteiger partial charge >= 0.3 is 12.1 Å². The number of carboxylic acids is 1. The van der Waals surface area contributed by atoms with Crippen LogP contribution >= 0.6 is 0 Å². The first-order chi connectivity index (χ1) is 20.5. The molecule has 0 bridgehead atoms. The number of benzene rings is 1. The minimum absolute atomic E-state index is 0.0299. The summed E-state index contributed by atoms with van der Waals surface area (Å²) in [6.07, 6.45) is 2.56. The highest BCUT2D eigenvalue weighted by Crippen LogP contribution is 2.34. The van der Waals surface area contributed by atoms with E-state index in [9.17, 15) is 14.7 Å². The monoisotopic (exact) mass is 589 g/mol. The lowest BCUT2D eigenvalue weighted by Gasteiger charge is -2.41. The van der Waals surface area contributed by atoms with E-state index in [4.69, 9.17) is 9.72 Å². The van der Waals surface area contributed by atoms with Gasteiger partial charge in [-0.2, -0.15) is 0 Å². The first kappa shape index (κ1) is 31.5. The van der Waals surface area contributed by atoms with Crippen molar-refractivity contribution in [2.45, 2.75) is 65.5 Å². The third-order valence-corrected chi connectivity index (χ3v) is 8.09. The number of carbonyl (C=O) groups is 2. The number of aromatic nitrogens is 3. The van der Waals surface area contributed by atoms with Gasteiger partial charge in [-0.05, 0) is 49.8 Å². The minimum Gasteiger partial charge on any atom is -0.479 e.